The molecule has 2 aromatic carbocycles. The maximum absolute atomic E-state index is 12.8. The van der Waals surface area contributed by atoms with Gasteiger partial charge in [0, 0.05) is 30.4 Å². The Hall–Kier alpha value is -3.55. The van der Waals surface area contributed by atoms with E-state index in [-0.39, 0.29) is 30.6 Å². The number of hydrogen-bond donors (Lipinski definition) is 2. The first-order chi connectivity index (χ1) is 14.8. The fourth-order valence-electron chi connectivity index (χ4n) is 3.45. The third-order valence-corrected chi connectivity index (χ3v) is 5.15. The third kappa shape index (κ3) is 5.33. The van der Waals surface area contributed by atoms with Crippen molar-refractivity contribution < 1.29 is 23.9 Å². The van der Waals surface area contributed by atoms with E-state index < -0.39 is 11.8 Å². The highest BCUT2D eigenvalue weighted by molar-refractivity contribution is 6.03. The molecule has 2 aromatic rings. The minimum absolute atomic E-state index is 0.0822. The van der Waals surface area contributed by atoms with Crippen LogP contribution in [-0.4, -0.2) is 38.0 Å². The lowest BCUT2D eigenvalue weighted by Gasteiger charge is -2.18. The molecule has 31 heavy (non-hydrogen) atoms. The molecule has 1 atom stereocenters. The number of ether oxygens (including phenoxy) is 2. The summed E-state index contributed by atoms with van der Waals surface area (Å²) in [4.78, 5) is 38.0. The van der Waals surface area contributed by atoms with Crippen molar-refractivity contribution in [2.24, 2.45) is 11.7 Å². The first kappa shape index (κ1) is 22.1. The van der Waals surface area contributed by atoms with E-state index in [0.717, 1.165) is 11.3 Å². The van der Waals surface area contributed by atoms with Crippen LogP contribution in [0.25, 0.3) is 0 Å². The van der Waals surface area contributed by atoms with Crippen molar-refractivity contribution in [2.45, 2.75) is 26.2 Å². The highest BCUT2D eigenvalue weighted by atomic mass is 16.5. The molecule has 0 bridgehead atoms. The van der Waals surface area contributed by atoms with Crippen LogP contribution in [0.5, 0.6) is 11.5 Å². The van der Waals surface area contributed by atoms with Crippen LogP contribution in [0.15, 0.2) is 42.5 Å². The van der Waals surface area contributed by atoms with Gasteiger partial charge >= 0.3 is 0 Å². The van der Waals surface area contributed by atoms with E-state index in [2.05, 4.69) is 19.2 Å². The lowest BCUT2D eigenvalue weighted by molar-refractivity contribution is -0.122. The maximum Gasteiger partial charge on any atom is 0.255 e. The van der Waals surface area contributed by atoms with E-state index in [9.17, 15) is 14.4 Å². The summed E-state index contributed by atoms with van der Waals surface area (Å²) in [6.45, 7) is 4.19. The molecule has 0 radical (unpaired) electrons. The van der Waals surface area contributed by atoms with Gasteiger partial charge in [0.2, 0.25) is 11.8 Å². The Morgan fingerprint density at radius 2 is 1.97 bits per heavy atom. The fraction of sp³-hybridized carbons (Fsp3) is 0.348. The van der Waals surface area contributed by atoms with Crippen LogP contribution in [0.4, 0.5) is 11.4 Å². The number of amides is 3. The van der Waals surface area contributed by atoms with Crippen LogP contribution in [0.1, 0.15) is 31.7 Å². The van der Waals surface area contributed by atoms with Gasteiger partial charge in [0.1, 0.15) is 0 Å². The Bertz CT molecular complexity index is 989. The van der Waals surface area contributed by atoms with Gasteiger partial charge in [-0.3, -0.25) is 14.4 Å². The van der Waals surface area contributed by atoms with E-state index in [1.54, 1.807) is 23.1 Å². The molecule has 3 amide bonds. The first-order valence-corrected chi connectivity index (χ1v) is 10.1. The van der Waals surface area contributed by atoms with E-state index in [4.69, 9.17) is 15.2 Å². The minimum atomic E-state index is -0.623. The zero-order valence-electron chi connectivity index (χ0n) is 17.9. The van der Waals surface area contributed by atoms with Gasteiger partial charge in [0.05, 0.1) is 13.0 Å². The summed E-state index contributed by atoms with van der Waals surface area (Å²) < 4.78 is 10.5. The number of primary amides is 1. The summed E-state index contributed by atoms with van der Waals surface area (Å²) in [6, 6.07) is 12.7. The number of nitrogens with zero attached hydrogens (tertiary/aromatic N) is 1. The highest BCUT2D eigenvalue weighted by Crippen LogP contribution is 2.32. The van der Waals surface area contributed by atoms with Crippen molar-refractivity contribution in [2.75, 3.05) is 30.5 Å². The number of carbonyl (C=O) groups is 3. The van der Waals surface area contributed by atoms with E-state index in [1.165, 1.54) is 7.11 Å². The molecule has 8 nitrogen and oxygen atoms in total. The van der Waals surface area contributed by atoms with E-state index in [1.807, 2.05) is 24.3 Å². The van der Waals surface area contributed by atoms with Crippen molar-refractivity contribution in [1.82, 2.24) is 0 Å². The number of nitrogens with one attached hydrogen (secondary N) is 1. The fourth-order valence-corrected chi connectivity index (χ4v) is 3.45. The van der Waals surface area contributed by atoms with Gasteiger partial charge in [-0.1, -0.05) is 26.0 Å². The number of hydrogen-bond acceptors (Lipinski definition) is 5. The van der Waals surface area contributed by atoms with Gasteiger partial charge in [0.15, 0.2) is 18.1 Å². The topological polar surface area (TPSA) is 111 Å². The Labute approximate surface area is 181 Å². The second-order valence-corrected chi connectivity index (χ2v) is 7.76. The first-order valence-electron chi connectivity index (χ1n) is 10.1. The molecule has 164 valence electrons. The van der Waals surface area contributed by atoms with Gasteiger partial charge in [-0.15, -0.1) is 0 Å². The van der Waals surface area contributed by atoms with Crippen LogP contribution in [-0.2, 0) is 14.4 Å². The normalized spacial score (nSPS) is 15.8. The van der Waals surface area contributed by atoms with Gasteiger partial charge in [-0.05, 0) is 35.7 Å². The third-order valence-electron chi connectivity index (χ3n) is 5.15. The van der Waals surface area contributed by atoms with Crippen molar-refractivity contribution in [3.63, 3.8) is 0 Å². The van der Waals surface area contributed by atoms with Crippen LogP contribution >= 0.6 is 0 Å². The van der Waals surface area contributed by atoms with Gasteiger partial charge in [-0.25, -0.2) is 0 Å². The standard InChI is InChI=1S/C23H27N3O5/c1-14(2)15-5-4-6-18(9-15)26-12-16(10-22(26)28)23(29)25-17-7-8-19(30-3)20(11-17)31-13-21(24)27/h4-9,11,14,16H,10,12-13H2,1-3H3,(H2,24,27)(H,25,29). The molecular weight excluding hydrogens is 398 g/mol. The maximum atomic E-state index is 12.8. The second kappa shape index (κ2) is 9.51. The SMILES string of the molecule is COc1ccc(NC(=O)C2CC(=O)N(c3cccc(C(C)C)c3)C2)cc1OCC(N)=O. The summed E-state index contributed by atoms with van der Waals surface area (Å²) in [5, 5.41) is 2.82. The zero-order chi connectivity index (χ0) is 22.5. The summed E-state index contributed by atoms with van der Waals surface area (Å²) in [5.41, 5.74) is 7.53. The molecule has 0 spiro atoms. The predicted molar refractivity (Wildman–Crippen MR) is 117 cm³/mol. The Balaban J connectivity index is 1.70. The van der Waals surface area contributed by atoms with Gasteiger partial charge < -0.3 is 25.4 Å². The van der Waals surface area contributed by atoms with Crippen molar-refractivity contribution in [3.8, 4) is 11.5 Å². The summed E-state index contributed by atoms with van der Waals surface area (Å²) >= 11 is 0. The summed E-state index contributed by atoms with van der Waals surface area (Å²) in [5.74, 6) is -0.406. The average molecular weight is 425 g/mol. The molecule has 3 rings (SSSR count). The molecule has 1 fully saturated rings. The molecule has 1 heterocycles. The lowest BCUT2D eigenvalue weighted by Crippen LogP contribution is -2.28. The molecule has 3 N–H and O–H groups in total. The van der Waals surface area contributed by atoms with E-state index in [0.29, 0.717) is 23.9 Å². The van der Waals surface area contributed by atoms with Crippen LogP contribution in [0.2, 0.25) is 0 Å². The summed E-state index contributed by atoms with van der Waals surface area (Å²) in [6.07, 6.45) is 0.138. The Morgan fingerprint density at radius 3 is 2.65 bits per heavy atom. The number of carbonyl (C=O) groups excluding carboxylic acids is 3. The number of rotatable bonds is 8. The second-order valence-electron chi connectivity index (χ2n) is 7.76. The number of anilines is 2. The van der Waals surface area contributed by atoms with Crippen LogP contribution in [0.3, 0.4) is 0 Å². The van der Waals surface area contributed by atoms with Gasteiger partial charge in [-0.2, -0.15) is 0 Å². The molecule has 0 aliphatic carbocycles. The zero-order valence-corrected chi connectivity index (χ0v) is 17.9. The molecule has 8 heteroatoms. The molecule has 1 saturated heterocycles. The molecule has 0 saturated carbocycles. The lowest BCUT2D eigenvalue weighted by atomic mass is 10.0. The van der Waals surface area contributed by atoms with Crippen LogP contribution < -0.4 is 25.4 Å². The smallest absolute Gasteiger partial charge is 0.255 e. The predicted octanol–water partition coefficient (Wildman–Crippen LogP) is 2.67. The average Bonchev–Trinajstić information content (AvgIpc) is 3.14. The number of benzene rings is 2. The van der Waals surface area contributed by atoms with Crippen LogP contribution in [0, 0.1) is 5.92 Å². The highest BCUT2D eigenvalue weighted by Gasteiger charge is 2.35. The molecular formula is C23H27N3O5. The van der Waals surface area contributed by atoms with Crippen molar-refractivity contribution >= 4 is 29.1 Å². The number of nitrogens with two attached hydrogens (primary N) is 1. The van der Waals surface area contributed by atoms with E-state index >= 15 is 0 Å². The molecule has 1 unspecified atom stereocenters. The van der Waals surface area contributed by atoms with Crippen molar-refractivity contribution in [1.29, 1.82) is 0 Å². The largest absolute Gasteiger partial charge is 0.493 e. The molecule has 1 aliphatic rings. The Morgan fingerprint density at radius 1 is 1.19 bits per heavy atom. The minimum Gasteiger partial charge on any atom is -0.493 e. The quantitative estimate of drug-likeness (QED) is 0.676. The van der Waals surface area contributed by atoms with Crippen molar-refractivity contribution in [3.05, 3.63) is 48.0 Å². The monoisotopic (exact) mass is 425 g/mol. The Kier molecular flexibility index (Phi) is 6.79. The summed E-state index contributed by atoms with van der Waals surface area (Å²) in [7, 11) is 1.47. The molecule has 1 aliphatic heterocycles. The number of methoxy groups -OCH3 is 1. The van der Waals surface area contributed by atoms with Gasteiger partial charge in [0.25, 0.3) is 5.91 Å². The molecule has 0 aromatic heterocycles.